The highest BCUT2D eigenvalue weighted by Gasteiger charge is 2.52. The van der Waals surface area contributed by atoms with Gasteiger partial charge in [-0.1, -0.05) is 92.9 Å². The molecule has 2 N–H and O–H groups in total. The van der Waals surface area contributed by atoms with Gasteiger partial charge in [-0.3, -0.25) is 9.59 Å². The summed E-state index contributed by atoms with van der Waals surface area (Å²) in [6, 6.07) is -1.55. The first-order valence-corrected chi connectivity index (χ1v) is 16.3. The highest BCUT2D eigenvalue weighted by molar-refractivity contribution is 5.85. The zero-order chi connectivity index (χ0) is 31.1. The first-order chi connectivity index (χ1) is 20.1. The van der Waals surface area contributed by atoms with E-state index in [1.54, 1.807) is 0 Å². The van der Waals surface area contributed by atoms with Crippen molar-refractivity contribution in [3.8, 4) is 0 Å². The molecule has 0 aliphatic carbocycles. The van der Waals surface area contributed by atoms with Gasteiger partial charge < -0.3 is 29.6 Å². The molecule has 2 saturated heterocycles. The van der Waals surface area contributed by atoms with E-state index in [1.165, 1.54) is 0 Å². The zero-order valence-electron chi connectivity index (χ0n) is 26.8. The molecule has 0 saturated carbocycles. The van der Waals surface area contributed by atoms with Gasteiger partial charge in [-0.2, -0.15) is 0 Å². The predicted octanol–water partition coefficient (Wildman–Crippen LogP) is 4.61. The Bertz CT molecular complexity index is 780. The van der Waals surface area contributed by atoms with Crippen LogP contribution >= 0.6 is 0 Å². The third-order valence-corrected chi connectivity index (χ3v) is 7.99. The standard InChI is InChI=1S/C32H56N2O8/c1-7-9-11-13-15-17-25(35)33-27(21(3)4)31(37)41-23-19-39-30-24(20-40-29(23)30)42-32(38)28(22(5)6)34-26(36)18-16-14-12-10-8-2/h21-24,27-30H,7-20H2,1-6H3,(H,33,35)(H,34,36). The molecule has 2 aliphatic rings. The SMILES string of the molecule is CCCCCCCC(=O)NC(C(=O)OC1COC2C(OC(=O)C(NC(=O)CCCCCCC)C(C)C)COC12)C(C)C. The lowest BCUT2D eigenvalue weighted by Crippen LogP contribution is -2.48. The van der Waals surface area contributed by atoms with Crippen molar-refractivity contribution in [2.24, 2.45) is 11.8 Å². The predicted molar refractivity (Wildman–Crippen MR) is 160 cm³/mol. The van der Waals surface area contributed by atoms with Crippen LogP contribution in [0.3, 0.4) is 0 Å². The Morgan fingerprint density at radius 1 is 0.619 bits per heavy atom. The minimum atomic E-state index is -0.774. The van der Waals surface area contributed by atoms with Crippen LogP contribution in [0, 0.1) is 11.8 Å². The summed E-state index contributed by atoms with van der Waals surface area (Å²) >= 11 is 0. The summed E-state index contributed by atoms with van der Waals surface area (Å²) in [5.41, 5.74) is 0. The summed E-state index contributed by atoms with van der Waals surface area (Å²) in [7, 11) is 0. The molecule has 2 fully saturated rings. The first-order valence-electron chi connectivity index (χ1n) is 16.3. The lowest BCUT2D eigenvalue weighted by atomic mass is 10.0. The molecule has 6 atom stereocenters. The van der Waals surface area contributed by atoms with Gasteiger partial charge in [0.05, 0.1) is 13.2 Å². The van der Waals surface area contributed by atoms with Crippen molar-refractivity contribution in [1.82, 2.24) is 10.6 Å². The Balaban J connectivity index is 1.85. The number of carbonyl (C=O) groups is 4. The maximum Gasteiger partial charge on any atom is 0.329 e. The number of hydrogen-bond acceptors (Lipinski definition) is 8. The minimum absolute atomic E-state index is 0.105. The van der Waals surface area contributed by atoms with E-state index in [0.717, 1.165) is 64.2 Å². The monoisotopic (exact) mass is 596 g/mol. The minimum Gasteiger partial charge on any atom is -0.455 e. The summed E-state index contributed by atoms with van der Waals surface area (Å²) in [5.74, 6) is -1.68. The molecule has 242 valence electrons. The van der Waals surface area contributed by atoms with Gasteiger partial charge in [-0.25, -0.2) is 9.59 Å². The number of unbranched alkanes of at least 4 members (excludes halogenated alkanes) is 8. The van der Waals surface area contributed by atoms with Crippen LogP contribution in [0.2, 0.25) is 0 Å². The van der Waals surface area contributed by atoms with E-state index in [0.29, 0.717) is 12.8 Å². The van der Waals surface area contributed by atoms with Crippen molar-refractivity contribution in [2.45, 2.75) is 155 Å². The first kappa shape index (κ1) is 36.0. The summed E-state index contributed by atoms with van der Waals surface area (Å²) in [6.07, 6.45) is 8.63. The van der Waals surface area contributed by atoms with Crippen molar-refractivity contribution in [1.29, 1.82) is 0 Å². The van der Waals surface area contributed by atoms with Crippen LogP contribution < -0.4 is 10.6 Å². The summed E-state index contributed by atoms with van der Waals surface area (Å²) in [4.78, 5) is 51.1. The Morgan fingerprint density at radius 3 is 1.31 bits per heavy atom. The van der Waals surface area contributed by atoms with Crippen molar-refractivity contribution in [3.05, 3.63) is 0 Å². The van der Waals surface area contributed by atoms with E-state index in [1.807, 2.05) is 27.7 Å². The van der Waals surface area contributed by atoms with Crippen LogP contribution in [0.4, 0.5) is 0 Å². The second kappa shape index (κ2) is 19.2. The van der Waals surface area contributed by atoms with Crippen LogP contribution in [0.25, 0.3) is 0 Å². The third-order valence-electron chi connectivity index (χ3n) is 7.99. The van der Waals surface area contributed by atoms with Crippen LogP contribution in [-0.2, 0) is 38.1 Å². The van der Waals surface area contributed by atoms with Gasteiger partial charge >= 0.3 is 11.9 Å². The molecule has 0 aromatic rings. The number of rotatable bonds is 20. The zero-order valence-corrected chi connectivity index (χ0v) is 26.8. The van der Waals surface area contributed by atoms with E-state index in [9.17, 15) is 19.2 Å². The number of carbonyl (C=O) groups excluding carboxylic acids is 4. The van der Waals surface area contributed by atoms with E-state index >= 15 is 0 Å². The molecular weight excluding hydrogens is 540 g/mol. The smallest absolute Gasteiger partial charge is 0.329 e. The maximum absolute atomic E-state index is 13.1. The number of hydrogen-bond donors (Lipinski definition) is 2. The van der Waals surface area contributed by atoms with Gasteiger partial charge in [-0.15, -0.1) is 0 Å². The summed E-state index contributed by atoms with van der Waals surface area (Å²) in [6.45, 7) is 11.9. The lowest BCUT2D eigenvalue weighted by Gasteiger charge is -2.24. The van der Waals surface area contributed by atoms with Gasteiger partial charge in [-0.05, 0) is 24.7 Å². The second-order valence-electron chi connectivity index (χ2n) is 12.5. The average molecular weight is 597 g/mol. The van der Waals surface area contributed by atoms with Gasteiger partial charge in [0.2, 0.25) is 11.8 Å². The van der Waals surface area contributed by atoms with Gasteiger partial charge in [0.15, 0.2) is 12.2 Å². The molecular formula is C32H56N2O8. The number of fused-ring (bicyclic) bond motifs is 1. The second-order valence-corrected chi connectivity index (χ2v) is 12.5. The fourth-order valence-electron chi connectivity index (χ4n) is 5.34. The van der Waals surface area contributed by atoms with Gasteiger partial charge in [0.25, 0.3) is 0 Å². The molecule has 0 aromatic carbocycles. The fraction of sp³-hybridized carbons (Fsp3) is 0.875. The highest BCUT2D eigenvalue weighted by Crippen LogP contribution is 2.31. The number of amides is 2. The normalized spacial score (nSPS) is 23.0. The molecule has 10 nitrogen and oxygen atoms in total. The number of esters is 2. The fourth-order valence-corrected chi connectivity index (χ4v) is 5.34. The van der Waals surface area contributed by atoms with Crippen LogP contribution in [0.1, 0.15) is 119 Å². The summed E-state index contributed by atoms with van der Waals surface area (Å²) < 4.78 is 23.2. The molecule has 2 aliphatic heterocycles. The van der Waals surface area contributed by atoms with Crippen molar-refractivity contribution < 1.29 is 38.1 Å². The number of ether oxygens (including phenoxy) is 4. The molecule has 0 aromatic heterocycles. The Labute approximate surface area is 252 Å². The maximum atomic E-state index is 13.1. The topological polar surface area (TPSA) is 129 Å². The molecule has 42 heavy (non-hydrogen) atoms. The average Bonchev–Trinajstić information content (AvgIpc) is 3.52. The molecule has 6 unspecified atom stereocenters. The molecule has 0 spiro atoms. The third kappa shape index (κ3) is 11.8. The van der Waals surface area contributed by atoms with E-state index < -0.39 is 48.4 Å². The van der Waals surface area contributed by atoms with E-state index in [-0.39, 0.29) is 36.9 Å². The van der Waals surface area contributed by atoms with Gasteiger partial charge in [0.1, 0.15) is 24.3 Å². The Kier molecular flexibility index (Phi) is 16.4. The lowest BCUT2D eigenvalue weighted by molar-refractivity contribution is -0.160. The molecule has 0 radical (unpaired) electrons. The highest BCUT2D eigenvalue weighted by atomic mass is 16.7. The number of nitrogens with one attached hydrogen (secondary N) is 2. The molecule has 2 rings (SSSR count). The molecule has 2 heterocycles. The Morgan fingerprint density at radius 2 is 0.976 bits per heavy atom. The van der Waals surface area contributed by atoms with Crippen molar-refractivity contribution in [2.75, 3.05) is 13.2 Å². The van der Waals surface area contributed by atoms with Crippen LogP contribution in [-0.4, -0.2) is 73.5 Å². The van der Waals surface area contributed by atoms with Crippen molar-refractivity contribution >= 4 is 23.8 Å². The Hall–Kier alpha value is -2.20. The largest absolute Gasteiger partial charge is 0.455 e. The van der Waals surface area contributed by atoms with E-state index in [2.05, 4.69) is 24.5 Å². The molecule has 10 heteroatoms. The molecule has 0 bridgehead atoms. The van der Waals surface area contributed by atoms with Crippen LogP contribution in [0.5, 0.6) is 0 Å². The van der Waals surface area contributed by atoms with Crippen LogP contribution in [0.15, 0.2) is 0 Å². The molecule has 2 amide bonds. The van der Waals surface area contributed by atoms with Crippen molar-refractivity contribution in [3.63, 3.8) is 0 Å². The summed E-state index contributed by atoms with van der Waals surface area (Å²) in [5, 5.41) is 5.67. The van der Waals surface area contributed by atoms with E-state index in [4.69, 9.17) is 18.9 Å². The van der Waals surface area contributed by atoms with Gasteiger partial charge in [0, 0.05) is 12.8 Å². The quantitative estimate of drug-likeness (QED) is 0.154.